The Morgan fingerprint density at radius 2 is 1.56 bits per heavy atom. The number of nitrogens with one attached hydrogen (secondary N) is 3. The van der Waals surface area contributed by atoms with Gasteiger partial charge in [-0.3, -0.25) is 4.79 Å². The third-order valence-electron chi connectivity index (χ3n) is 4.28. The van der Waals surface area contributed by atoms with Crippen LogP contribution in [-0.2, 0) is 0 Å². The van der Waals surface area contributed by atoms with Crippen molar-refractivity contribution in [1.29, 1.82) is 0 Å². The molecule has 0 saturated heterocycles. The Balaban J connectivity index is 1.55. The Morgan fingerprint density at radius 1 is 0.969 bits per heavy atom. The molecule has 3 N–H and O–H groups in total. The van der Waals surface area contributed by atoms with Gasteiger partial charge in [0.2, 0.25) is 0 Å². The first kappa shape index (κ1) is 23.5. The maximum atomic E-state index is 13.7. The van der Waals surface area contributed by atoms with Crippen molar-refractivity contribution >= 4 is 51.9 Å². The van der Waals surface area contributed by atoms with E-state index in [2.05, 4.69) is 29.8 Å². The molecule has 0 bridgehead atoms. The predicted octanol–water partition coefficient (Wildman–Crippen LogP) is 6.58. The number of hydrogen-bond acceptors (Lipinski definition) is 3. The second-order valence-electron chi connectivity index (χ2n) is 7.44. The minimum atomic E-state index is -0.570. The van der Waals surface area contributed by atoms with Crippen LogP contribution < -0.4 is 20.7 Å². The molecule has 32 heavy (non-hydrogen) atoms. The van der Waals surface area contributed by atoms with Crippen molar-refractivity contribution in [3.05, 3.63) is 83.1 Å². The molecule has 0 fully saturated rings. The highest BCUT2D eigenvalue weighted by Crippen LogP contribution is 2.28. The minimum Gasteiger partial charge on any atom is -0.492 e. The van der Waals surface area contributed by atoms with Gasteiger partial charge in [0, 0.05) is 17.1 Å². The lowest BCUT2D eigenvalue weighted by Crippen LogP contribution is -2.19. The topological polar surface area (TPSA) is 62.4 Å². The maximum absolute atomic E-state index is 13.7. The summed E-state index contributed by atoms with van der Waals surface area (Å²) >= 11 is 11.6. The average Bonchev–Trinajstić information content (AvgIpc) is 2.74. The van der Waals surface area contributed by atoms with Crippen LogP contribution in [0.5, 0.6) is 5.75 Å². The number of benzene rings is 3. The minimum absolute atomic E-state index is 0.0145. The fourth-order valence-electron chi connectivity index (χ4n) is 2.73. The number of rotatable bonds is 7. The lowest BCUT2D eigenvalue weighted by atomic mass is 10.2. The van der Waals surface area contributed by atoms with Crippen molar-refractivity contribution in [3.63, 3.8) is 0 Å². The van der Waals surface area contributed by atoms with Crippen molar-refractivity contribution in [2.24, 2.45) is 5.92 Å². The molecule has 0 saturated carbocycles. The summed E-state index contributed by atoms with van der Waals surface area (Å²) in [6, 6.07) is 18.1. The molecule has 1 amide bonds. The normalized spacial score (nSPS) is 10.5. The van der Waals surface area contributed by atoms with Crippen LogP contribution in [0, 0.1) is 11.7 Å². The highest BCUT2D eigenvalue weighted by atomic mass is 35.5. The summed E-state index contributed by atoms with van der Waals surface area (Å²) in [6.07, 6.45) is 0. The largest absolute Gasteiger partial charge is 0.492 e. The number of carbonyl (C=O) groups is 1. The van der Waals surface area contributed by atoms with Crippen LogP contribution in [-0.4, -0.2) is 17.6 Å². The lowest BCUT2D eigenvalue weighted by molar-refractivity contribution is 0.102. The van der Waals surface area contributed by atoms with Gasteiger partial charge in [-0.15, -0.1) is 0 Å². The zero-order chi connectivity index (χ0) is 23.1. The highest BCUT2D eigenvalue weighted by molar-refractivity contribution is 7.80. The van der Waals surface area contributed by atoms with Crippen LogP contribution in [0.4, 0.5) is 21.5 Å². The van der Waals surface area contributed by atoms with E-state index in [0.29, 0.717) is 34.1 Å². The SMILES string of the molecule is CC(C)COc1ccc(NC(=S)Nc2ccc(NC(=O)c3ccccc3F)cc2)cc1Cl. The number of ether oxygens (including phenoxy) is 1. The molecule has 0 spiro atoms. The van der Waals surface area contributed by atoms with Gasteiger partial charge in [0.05, 0.1) is 17.2 Å². The monoisotopic (exact) mass is 471 g/mol. The van der Waals surface area contributed by atoms with Gasteiger partial charge in [0.1, 0.15) is 11.6 Å². The number of amides is 1. The first-order chi connectivity index (χ1) is 15.3. The molecule has 0 heterocycles. The number of hydrogen-bond donors (Lipinski definition) is 3. The summed E-state index contributed by atoms with van der Waals surface area (Å²) in [5, 5.41) is 9.66. The van der Waals surface area contributed by atoms with E-state index in [4.69, 9.17) is 28.6 Å². The summed E-state index contributed by atoms with van der Waals surface area (Å²) in [4.78, 5) is 12.2. The second kappa shape index (κ2) is 10.9. The van der Waals surface area contributed by atoms with E-state index < -0.39 is 11.7 Å². The van der Waals surface area contributed by atoms with Crippen LogP contribution in [0.3, 0.4) is 0 Å². The molecule has 166 valence electrons. The Labute approximate surface area is 196 Å². The van der Waals surface area contributed by atoms with Crippen LogP contribution in [0.2, 0.25) is 5.02 Å². The third kappa shape index (κ3) is 6.67. The Kier molecular flexibility index (Phi) is 8.03. The number of thiocarbonyl (C=S) groups is 1. The summed E-state index contributed by atoms with van der Waals surface area (Å²) < 4.78 is 19.4. The first-order valence-corrected chi connectivity index (χ1v) is 10.8. The van der Waals surface area contributed by atoms with Gasteiger partial charge in [0.25, 0.3) is 5.91 Å². The van der Waals surface area contributed by atoms with E-state index in [9.17, 15) is 9.18 Å². The van der Waals surface area contributed by atoms with E-state index in [1.807, 2.05) is 6.07 Å². The summed E-state index contributed by atoms with van der Waals surface area (Å²) in [5.41, 5.74) is 1.96. The van der Waals surface area contributed by atoms with Gasteiger partial charge in [-0.05, 0) is 72.7 Å². The van der Waals surface area contributed by atoms with Gasteiger partial charge < -0.3 is 20.7 Å². The van der Waals surface area contributed by atoms with Crippen LogP contribution in [0.15, 0.2) is 66.7 Å². The van der Waals surface area contributed by atoms with Gasteiger partial charge in [0.15, 0.2) is 5.11 Å². The molecule has 0 unspecified atom stereocenters. The third-order valence-corrected chi connectivity index (χ3v) is 4.78. The number of anilines is 3. The molecular formula is C24H23ClFN3O2S. The smallest absolute Gasteiger partial charge is 0.258 e. The van der Waals surface area contributed by atoms with Crippen molar-refractivity contribution in [1.82, 2.24) is 0 Å². The molecule has 3 aromatic carbocycles. The van der Waals surface area contributed by atoms with Crippen LogP contribution in [0.1, 0.15) is 24.2 Å². The maximum Gasteiger partial charge on any atom is 0.258 e. The molecule has 3 rings (SSSR count). The zero-order valence-corrected chi connectivity index (χ0v) is 19.2. The van der Waals surface area contributed by atoms with Gasteiger partial charge >= 0.3 is 0 Å². The van der Waals surface area contributed by atoms with Crippen LogP contribution >= 0.6 is 23.8 Å². The highest BCUT2D eigenvalue weighted by Gasteiger charge is 2.11. The van der Waals surface area contributed by atoms with Gasteiger partial charge in [-0.2, -0.15) is 0 Å². The molecular weight excluding hydrogens is 449 g/mol. The molecule has 5 nitrogen and oxygen atoms in total. The standard InChI is InChI=1S/C24H23ClFN3O2S/c1-15(2)14-31-22-12-11-18(13-20(22)25)29-24(32)28-17-9-7-16(8-10-17)27-23(30)19-5-3-4-6-21(19)26/h3-13,15H,14H2,1-2H3,(H,27,30)(H2,28,29,32). The Bertz CT molecular complexity index is 1110. The fourth-order valence-corrected chi connectivity index (χ4v) is 3.20. The van der Waals surface area contributed by atoms with Gasteiger partial charge in [-0.25, -0.2) is 4.39 Å². The van der Waals surface area contributed by atoms with E-state index in [1.54, 1.807) is 42.5 Å². The molecule has 0 radical (unpaired) electrons. The average molecular weight is 472 g/mol. The molecule has 0 aliphatic carbocycles. The zero-order valence-electron chi connectivity index (χ0n) is 17.6. The molecule has 0 aliphatic rings. The second-order valence-corrected chi connectivity index (χ2v) is 8.26. The lowest BCUT2D eigenvalue weighted by Gasteiger charge is -2.14. The van der Waals surface area contributed by atoms with Crippen molar-refractivity contribution in [2.45, 2.75) is 13.8 Å². The molecule has 0 aliphatic heterocycles. The summed E-state index contributed by atoms with van der Waals surface area (Å²) in [6.45, 7) is 4.72. The molecule has 8 heteroatoms. The number of halogens is 2. The quantitative estimate of drug-likeness (QED) is 0.340. The first-order valence-electron chi connectivity index (χ1n) is 9.98. The fraction of sp³-hybridized carbons (Fsp3) is 0.167. The predicted molar refractivity (Wildman–Crippen MR) is 132 cm³/mol. The number of carbonyl (C=O) groups excluding carboxylic acids is 1. The van der Waals surface area contributed by atoms with Crippen molar-refractivity contribution < 1.29 is 13.9 Å². The van der Waals surface area contributed by atoms with E-state index in [0.717, 1.165) is 11.4 Å². The Hall–Kier alpha value is -3.16. The summed E-state index contributed by atoms with van der Waals surface area (Å²) in [7, 11) is 0. The molecule has 0 aromatic heterocycles. The van der Waals surface area contributed by atoms with Crippen molar-refractivity contribution in [3.8, 4) is 5.75 Å². The van der Waals surface area contributed by atoms with Gasteiger partial charge in [-0.1, -0.05) is 37.6 Å². The summed E-state index contributed by atoms with van der Waals surface area (Å²) in [5.74, 6) is -0.0595. The molecule has 3 aromatic rings. The Morgan fingerprint density at radius 3 is 2.19 bits per heavy atom. The van der Waals surface area contributed by atoms with E-state index in [1.165, 1.54) is 18.2 Å². The van der Waals surface area contributed by atoms with Crippen molar-refractivity contribution in [2.75, 3.05) is 22.6 Å². The van der Waals surface area contributed by atoms with E-state index >= 15 is 0 Å². The molecule has 0 atom stereocenters. The van der Waals surface area contributed by atoms with Crippen LogP contribution in [0.25, 0.3) is 0 Å². The van der Waals surface area contributed by atoms with E-state index in [-0.39, 0.29) is 5.56 Å².